The number of hydrogen-bond acceptors (Lipinski definition) is 3. The van der Waals surface area contributed by atoms with Crippen molar-refractivity contribution in [1.82, 2.24) is 5.32 Å². The van der Waals surface area contributed by atoms with E-state index in [1.165, 1.54) is 0 Å². The average molecular weight is 236 g/mol. The summed E-state index contributed by atoms with van der Waals surface area (Å²) in [4.78, 5) is 10.5. The van der Waals surface area contributed by atoms with Gasteiger partial charge in [0.15, 0.2) is 0 Å². The molecule has 0 spiro atoms. The highest BCUT2D eigenvalue weighted by molar-refractivity contribution is 5.39. The number of rotatable bonds is 5. The van der Waals surface area contributed by atoms with E-state index in [1.807, 2.05) is 12.1 Å². The normalized spacial score (nSPS) is 11.5. The molecule has 0 unspecified atom stereocenters. The molecule has 0 heterocycles. The predicted octanol–water partition coefficient (Wildman–Crippen LogP) is 2.92. The molecule has 94 valence electrons. The first-order valence-electron chi connectivity index (χ1n) is 5.87. The Morgan fingerprint density at radius 2 is 1.94 bits per heavy atom. The first-order chi connectivity index (χ1) is 7.90. The first-order valence-corrected chi connectivity index (χ1v) is 5.87. The van der Waals surface area contributed by atoms with E-state index in [9.17, 15) is 10.1 Å². The third-order valence-electron chi connectivity index (χ3n) is 2.47. The van der Waals surface area contributed by atoms with Crippen LogP contribution in [0.4, 0.5) is 5.69 Å². The Morgan fingerprint density at radius 1 is 1.29 bits per heavy atom. The van der Waals surface area contributed by atoms with Crippen LogP contribution in [0.2, 0.25) is 0 Å². The van der Waals surface area contributed by atoms with Crippen LogP contribution in [0.5, 0.6) is 0 Å². The van der Waals surface area contributed by atoms with E-state index in [0.717, 1.165) is 24.9 Å². The summed E-state index contributed by atoms with van der Waals surface area (Å²) in [6.07, 6.45) is 1.64. The van der Waals surface area contributed by atoms with Crippen LogP contribution in [0.1, 0.15) is 32.8 Å². The summed E-state index contributed by atoms with van der Waals surface area (Å²) in [5, 5.41) is 14.2. The summed E-state index contributed by atoms with van der Waals surface area (Å²) < 4.78 is 0. The van der Waals surface area contributed by atoms with Crippen molar-refractivity contribution in [2.24, 2.45) is 0 Å². The van der Waals surface area contributed by atoms with Gasteiger partial charge >= 0.3 is 0 Å². The highest BCUT2D eigenvalue weighted by atomic mass is 16.6. The van der Waals surface area contributed by atoms with E-state index in [2.05, 4.69) is 26.1 Å². The molecule has 0 fully saturated rings. The van der Waals surface area contributed by atoms with Crippen molar-refractivity contribution in [2.75, 3.05) is 6.54 Å². The average Bonchev–Trinajstić information content (AvgIpc) is 2.23. The van der Waals surface area contributed by atoms with Crippen molar-refractivity contribution in [3.8, 4) is 0 Å². The maximum Gasteiger partial charge on any atom is 0.272 e. The number of nitro groups is 1. The van der Waals surface area contributed by atoms with Gasteiger partial charge in [0.25, 0.3) is 5.69 Å². The van der Waals surface area contributed by atoms with Gasteiger partial charge < -0.3 is 5.32 Å². The number of nitrogens with one attached hydrogen (secondary N) is 1. The fourth-order valence-electron chi connectivity index (χ4n) is 1.64. The molecule has 0 saturated heterocycles. The van der Waals surface area contributed by atoms with Crippen LogP contribution in [0.25, 0.3) is 0 Å². The number of benzene rings is 1. The maximum atomic E-state index is 10.8. The third-order valence-corrected chi connectivity index (χ3v) is 2.47. The van der Waals surface area contributed by atoms with Gasteiger partial charge in [-0.25, -0.2) is 0 Å². The van der Waals surface area contributed by atoms with Gasteiger partial charge in [0.05, 0.1) is 4.92 Å². The molecule has 0 aromatic heterocycles. The molecular formula is C13H20N2O2. The largest absolute Gasteiger partial charge is 0.312 e. The van der Waals surface area contributed by atoms with Crippen molar-refractivity contribution < 1.29 is 4.92 Å². The second kappa shape index (κ2) is 5.77. The van der Waals surface area contributed by atoms with E-state index >= 15 is 0 Å². The molecule has 1 N–H and O–H groups in total. The van der Waals surface area contributed by atoms with Gasteiger partial charge in [-0.2, -0.15) is 0 Å². The van der Waals surface area contributed by atoms with Gasteiger partial charge in [-0.3, -0.25) is 10.1 Å². The number of para-hydroxylation sites is 1. The zero-order valence-corrected chi connectivity index (χ0v) is 10.7. The topological polar surface area (TPSA) is 55.2 Å². The van der Waals surface area contributed by atoms with Crippen molar-refractivity contribution >= 4 is 5.69 Å². The lowest BCUT2D eigenvalue weighted by Gasteiger charge is -2.20. The van der Waals surface area contributed by atoms with Gasteiger partial charge in [-0.1, -0.05) is 18.2 Å². The lowest BCUT2D eigenvalue weighted by molar-refractivity contribution is -0.385. The molecule has 0 aliphatic rings. The second-order valence-electron chi connectivity index (χ2n) is 5.17. The molecule has 1 aromatic carbocycles. The zero-order valence-electron chi connectivity index (χ0n) is 10.7. The number of nitro benzene ring substituents is 1. The predicted molar refractivity (Wildman–Crippen MR) is 69.2 cm³/mol. The molecule has 1 rings (SSSR count). The molecule has 4 heteroatoms. The molecule has 0 aliphatic heterocycles. The summed E-state index contributed by atoms with van der Waals surface area (Å²) in [6.45, 7) is 7.20. The SMILES string of the molecule is CC(C)(C)NCCCc1ccccc1[N+](=O)[O-]. The standard InChI is InChI=1S/C13H20N2O2/c1-13(2,3)14-10-6-8-11-7-4-5-9-12(11)15(16)17/h4-5,7,9,14H,6,8,10H2,1-3H3. The minimum Gasteiger partial charge on any atom is -0.312 e. The Hall–Kier alpha value is -1.42. The van der Waals surface area contributed by atoms with Gasteiger partial charge in [-0.05, 0) is 40.2 Å². The molecule has 0 saturated carbocycles. The first kappa shape index (κ1) is 13.6. The van der Waals surface area contributed by atoms with Gasteiger partial charge in [0.1, 0.15) is 0 Å². The van der Waals surface area contributed by atoms with Gasteiger partial charge in [-0.15, -0.1) is 0 Å². The molecular weight excluding hydrogens is 216 g/mol. The lowest BCUT2D eigenvalue weighted by atomic mass is 10.1. The minimum absolute atomic E-state index is 0.0998. The Labute approximate surface area is 102 Å². The van der Waals surface area contributed by atoms with Crippen LogP contribution in [0.3, 0.4) is 0 Å². The van der Waals surface area contributed by atoms with Crippen molar-refractivity contribution in [3.05, 3.63) is 39.9 Å². The summed E-state index contributed by atoms with van der Waals surface area (Å²) in [7, 11) is 0. The summed E-state index contributed by atoms with van der Waals surface area (Å²) in [6, 6.07) is 6.94. The molecule has 4 nitrogen and oxygen atoms in total. The van der Waals surface area contributed by atoms with Crippen LogP contribution < -0.4 is 5.32 Å². The van der Waals surface area contributed by atoms with E-state index in [1.54, 1.807) is 12.1 Å². The molecule has 0 bridgehead atoms. The zero-order chi connectivity index (χ0) is 12.9. The molecule has 1 aromatic rings. The maximum absolute atomic E-state index is 10.8. The van der Waals surface area contributed by atoms with Crippen LogP contribution in [-0.4, -0.2) is 17.0 Å². The molecule has 17 heavy (non-hydrogen) atoms. The number of aryl methyl sites for hydroxylation is 1. The second-order valence-corrected chi connectivity index (χ2v) is 5.17. The van der Waals surface area contributed by atoms with Crippen LogP contribution in [0.15, 0.2) is 24.3 Å². The van der Waals surface area contributed by atoms with Gasteiger partial charge in [0, 0.05) is 17.2 Å². The van der Waals surface area contributed by atoms with Crippen molar-refractivity contribution in [2.45, 2.75) is 39.2 Å². The Kier molecular flexibility index (Phi) is 4.63. The van der Waals surface area contributed by atoms with E-state index < -0.39 is 0 Å². The van der Waals surface area contributed by atoms with Crippen LogP contribution in [0, 0.1) is 10.1 Å². The third kappa shape index (κ3) is 4.95. The minimum atomic E-state index is -0.313. The molecule has 0 atom stereocenters. The highest BCUT2D eigenvalue weighted by Crippen LogP contribution is 2.18. The monoisotopic (exact) mass is 236 g/mol. The number of hydrogen-bond donors (Lipinski definition) is 1. The van der Waals surface area contributed by atoms with Crippen LogP contribution >= 0.6 is 0 Å². The van der Waals surface area contributed by atoms with E-state index in [4.69, 9.17) is 0 Å². The van der Waals surface area contributed by atoms with Crippen molar-refractivity contribution in [1.29, 1.82) is 0 Å². The highest BCUT2D eigenvalue weighted by Gasteiger charge is 2.12. The summed E-state index contributed by atoms with van der Waals surface area (Å²) in [5.41, 5.74) is 1.14. The fourth-order valence-corrected chi connectivity index (χ4v) is 1.64. The Morgan fingerprint density at radius 3 is 2.53 bits per heavy atom. The van der Waals surface area contributed by atoms with E-state index in [0.29, 0.717) is 0 Å². The summed E-state index contributed by atoms with van der Waals surface area (Å²) >= 11 is 0. The molecule has 0 radical (unpaired) electrons. The Balaban J connectivity index is 2.49. The van der Waals surface area contributed by atoms with Crippen LogP contribution in [-0.2, 0) is 6.42 Å². The fraction of sp³-hybridized carbons (Fsp3) is 0.538. The number of nitrogens with zero attached hydrogens (tertiary/aromatic N) is 1. The van der Waals surface area contributed by atoms with E-state index in [-0.39, 0.29) is 16.1 Å². The molecule has 0 amide bonds. The smallest absolute Gasteiger partial charge is 0.272 e. The Bertz CT molecular complexity index is 383. The lowest BCUT2D eigenvalue weighted by Crippen LogP contribution is -2.36. The molecule has 0 aliphatic carbocycles. The quantitative estimate of drug-likeness (QED) is 0.486. The van der Waals surface area contributed by atoms with Gasteiger partial charge in [0.2, 0.25) is 0 Å². The van der Waals surface area contributed by atoms with Crippen molar-refractivity contribution in [3.63, 3.8) is 0 Å². The summed E-state index contributed by atoms with van der Waals surface area (Å²) in [5.74, 6) is 0.